The number of hydrogen-bond acceptors (Lipinski definition) is 3. The summed E-state index contributed by atoms with van der Waals surface area (Å²) in [5.41, 5.74) is 0.299. The molecule has 1 aromatic rings. The van der Waals surface area contributed by atoms with Crippen molar-refractivity contribution in [3.05, 3.63) is 35.6 Å². The maximum atomic E-state index is 13.2. The molecule has 1 aromatic carbocycles. The van der Waals surface area contributed by atoms with Crippen LogP contribution in [0.15, 0.2) is 24.3 Å². The van der Waals surface area contributed by atoms with Crippen LogP contribution in [0.4, 0.5) is 9.18 Å². The monoisotopic (exact) mass is 351 g/mol. The first-order valence-electron chi connectivity index (χ1n) is 8.61. The summed E-state index contributed by atoms with van der Waals surface area (Å²) in [6, 6.07) is 6.03. The molecule has 1 atom stereocenters. The van der Waals surface area contributed by atoms with Crippen LogP contribution in [0.2, 0.25) is 0 Å². The molecule has 25 heavy (non-hydrogen) atoms. The molecule has 1 amide bonds. The van der Waals surface area contributed by atoms with Gasteiger partial charge >= 0.3 is 12.1 Å². The van der Waals surface area contributed by atoms with Gasteiger partial charge in [0, 0.05) is 13.1 Å². The van der Waals surface area contributed by atoms with Gasteiger partial charge in [-0.2, -0.15) is 0 Å². The van der Waals surface area contributed by atoms with Gasteiger partial charge in [-0.15, -0.1) is 0 Å². The molecule has 1 unspecified atom stereocenters. The van der Waals surface area contributed by atoms with E-state index in [1.54, 1.807) is 17.0 Å². The zero-order valence-corrected chi connectivity index (χ0v) is 15.0. The first-order valence-corrected chi connectivity index (χ1v) is 8.61. The molecule has 0 bridgehead atoms. The van der Waals surface area contributed by atoms with Gasteiger partial charge in [0.25, 0.3) is 0 Å². The van der Waals surface area contributed by atoms with Crippen LogP contribution in [0.5, 0.6) is 0 Å². The number of hydrogen-bond donors (Lipinski definition) is 1. The Bertz CT molecular complexity index is 601. The number of benzene rings is 1. The second-order valence-corrected chi connectivity index (χ2v) is 7.56. The van der Waals surface area contributed by atoms with E-state index >= 15 is 0 Å². The number of likely N-dealkylation sites (tertiary alicyclic amines) is 1. The Morgan fingerprint density at radius 1 is 1.24 bits per heavy atom. The van der Waals surface area contributed by atoms with Gasteiger partial charge in [0.15, 0.2) is 0 Å². The van der Waals surface area contributed by atoms with Crippen LogP contribution in [0.3, 0.4) is 0 Å². The van der Waals surface area contributed by atoms with E-state index in [1.807, 2.05) is 20.8 Å². The van der Waals surface area contributed by atoms with Crippen molar-refractivity contribution < 1.29 is 23.8 Å². The smallest absolute Gasteiger partial charge is 0.410 e. The lowest BCUT2D eigenvalue weighted by Crippen LogP contribution is -2.42. The highest BCUT2D eigenvalue weighted by atomic mass is 19.1. The molecule has 5 nitrogen and oxygen atoms in total. The third-order valence-corrected chi connectivity index (χ3v) is 4.45. The van der Waals surface area contributed by atoms with E-state index in [0.29, 0.717) is 25.9 Å². The first-order chi connectivity index (χ1) is 11.7. The zero-order valence-electron chi connectivity index (χ0n) is 15.0. The molecule has 1 saturated heterocycles. The van der Waals surface area contributed by atoms with Crippen molar-refractivity contribution in [3.63, 3.8) is 0 Å². The minimum atomic E-state index is -0.871. The standard InChI is InChI=1S/C19H26FNO4/c1-19(2,3)25-18(24)21-10-8-14(9-11-21)16(12-17(22)23)13-4-6-15(20)7-5-13/h4-7,14,16H,8-12H2,1-3H3,(H,22,23). The highest BCUT2D eigenvalue weighted by Crippen LogP contribution is 2.35. The van der Waals surface area contributed by atoms with E-state index in [0.717, 1.165) is 5.56 Å². The first kappa shape index (κ1) is 19.2. The fourth-order valence-corrected chi connectivity index (χ4v) is 3.27. The number of rotatable bonds is 4. The molecule has 0 aliphatic carbocycles. The minimum absolute atomic E-state index is 0.00271. The van der Waals surface area contributed by atoms with E-state index in [4.69, 9.17) is 4.74 Å². The number of ether oxygens (including phenoxy) is 1. The van der Waals surface area contributed by atoms with Crippen LogP contribution in [0, 0.1) is 11.7 Å². The molecule has 0 aromatic heterocycles. The molecule has 1 N–H and O–H groups in total. The van der Waals surface area contributed by atoms with E-state index < -0.39 is 11.6 Å². The van der Waals surface area contributed by atoms with Crippen molar-refractivity contribution in [2.24, 2.45) is 5.92 Å². The molecule has 1 heterocycles. The number of carbonyl (C=O) groups excluding carboxylic acids is 1. The number of carbonyl (C=O) groups is 2. The third kappa shape index (κ3) is 5.73. The van der Waals surface area contributed by atoms with Crippen molar-refractivity contribution in [3.8, 4) is 0 Å². The van der Waals surface area contributed by atoms with Gasteiger partial charge in [-0.3, -0.25) is 4.79 Å². The Morgan fingerprint density at radius 2 is 1.80 bits per heavy atom. The molecule has 2 rings (SSSR count). The molecule has 1 aliphatic heterocycles. The van der Waals surface area contributed by atoms with Gasteiger partial charge in [0.2, 0.25) is 0 Å². The molecule has 6 heteroatoms. The van der Waals surface area contributed by atoms with Crippen LogP contribution in [0.25, 0.3) is 0 Å². The van der Waals surface area contributed by atoms with Crippen molar-refractivity contribution in [1.82, 2.24) is 4.90 Å². The van der Waals surface area contributed by atoms with E-state index in [1.165, 1.54) is 12.1 Å². The molecular formula is C19H26FNO4. The van der Waals surface area contributed by atoms with Crippen molar-refractivity contribution in [1.29, 1.82) is 0 Å². The summed E-state index contributed by atoms with van der Waals surface area (Å²) < 4.78 is 18.5. The minimum Gasteiger partial charge on any atom is -0.481 e. The highest BCUT2D eigenvalue weighted by Gasteiger charge is 2.32. The highest BCUT2D eigenvalue weighted by molar-refractivity contribution is 5.69. The Hall–Kier alpha value is -2.11. The van der Waals surface area contributed by atoms with Gasteiger partial charge in [-0.1, -0.05) is 12.1 Å². The second-order valence-electron chi connectivity index (χ2n) is 7.56. The van der Waals surface area contributed by atoms with Crippen molar-refractivity contribution in [2.45, 2.75) is 51.6 Å². The number of halogens is 1. The van der Waals surface area contributed by atoms with Crippen LogP contribution in [-0.4, -0.2) is 40.8 Å². The van der Waals surface area contributed by atoms with Crippen molar-refractivity contribution in [2.75, 3.05) is 13.1 Å². The predicted octanol–water partition coefficient (Wildman–Crippen LogP) is 4.03. The van der Waals surface area contributed by atoms with Gasteiger partial charge in [0.1, 0.15) is 11.4 Å². The topological polar surface area (TPSA) is 66.8 Å². The summed E-state index contributed by atoms with van der Waals surface area (Å²) in [7, 11) is 0. The quantitative estimate of drug-likeness (QED) is 0.889. The van der Waals surface area contributed by atoms with Gasteiger partial charge in [0.05, 0.1) is 6.42 Å². The molecular weight excluding hydrogens is 325 g/mol. The lowest BCUT2D eigenvalue weighted by atomic mass is 9.78. The maximum absolute atomic E-state index is 13.2. The fraction of sp³-hybridized carbons (Fsp3) is 0.579. The van der Waals surface area contributed by atoms with Crippen molar-refractivity contribution >= 4 is 12.1 Å². The largest absolute Gasteiger partial charge is 0.481 e. The predicted molar refractivity (Wildman–Crippen MR) is 91.9 cm³/mol. The number of piperidine rings is 1. The zero-order chi connectivity index (χ0) is 18.6. The fourth-order valence-electron chi connectivity index (χ4n) is 3.27. The number of carboxylic acid groups (broad SMARTS) is 1. The van der Waals surface area contributed by atoms with Crippen LogP contribution in [-0.2, 0) is 9.53 Å². The van der Waals surface area contributed by atoms with Crippen LogP contribution in [0.1, 0.15) is 51.5 Å². The van der Waals surface area contributed by atoms with Crippen LogP contribution < -0.4 is 0 Å². The normalized spacial score (nSPS) is 17.2. The number of aliphatic carboxylic acids is 1. The summed E-state index contributed by atoms with van der Waals surface area (Å²) in [6.07, 6.45) is 1.08. The summed E-state index contributed by atoms with van der Waals surface area (Å²) >= 11 is 0. The lowest BCUT2D eigenvalue weighted by molar-refractivity contribution is -0.137. The third-order valence-electron chi connectivity index (χ3n) is 4.45. The number of nitrogens with zero attached hydrogens (tertiary/aromatic N) is 1. The SMILES string of the molecule is CC(C)(C)OC(=O)N1CCC(C(CC(=O)O)c2ccc(F)cc2)CC1. The van der Waals surface area contributed by atoms with Gasteiger partial charge in [-0.05, 0) is 63.1 Å². The van der Waals surface area contributed by atoms with Gasteiger partial charge in [-0.25, -0.2) is 9.18 Å². The lowest BCUT2D eigenvalue weighted by Gasteiger charge is -2.36. The summed E-state index contributed by atoms with van der Waals surface area (Å²) in [6.45, 7) is 6.56. The summed E-state index contributed by atoms with van der Waals surface area (Å²) in [5, 5.41) is 9.24. The Balaban J connectivity index is 2.03. The van der Waals surface area contributed by atoms with E-state index in [2.05, 4.69) is 0 Å². The van der Waals surface area contributed by atoms with Gasteiger partial charge < -0.3 is 14.7 Å². The number of carboxylic acids is 1. The summed E-state index contributed by atoms with van der Waals surface area (Å²) in [5.74, 6) is -1.25. The van der Waals surface area contributed by atoms with E-state index in [9.17, 15) is 19.1 Å². The molecule has 0 radical (unpaired) electrons. The molecule has 138 valence electrons. The second kappa shape index (κ2) is 7.85. The summed E-state index contributed by atoms with van der Waals surface area (Å²) in [4.78, 5) is 25.1. The Morgan fingerprint density at radius 3 is 2.28 bits per heavy atom. The maximum Gasteiger partial charge on any atom is 0.410 e. The number of amides is 1. The van der Waals surface area contributed by atoms with Crippen LogP contribution >= 0.6 is 0 Å². The average Bonchev–Trinajstić information content (AvgIpc) is 2.52. The molecule has 1 fully saturated rings. The molecule has 0 saturated carbocycles. The van der Waals surface area contributed by atoms with E-state index in [-0.39, 0.29) is 30.2 Å². The Labute approximate surface area is 147 Å². The average molecular weight is 351 g/mol. The molecule has 1 aliphatic rings. The Kier molecular flexibility index (Phi) is 6.03. The molecule has 0 spiro atoms.